The Bertz CT molecular complexity index is 268. The molecular formula is C14H20O. The normalized spacial score (nSPS) is 10.3. The van der Waals surface area contributed by atoms with Gasteiger partial charge in [-0.25, -0.2) is 0 Å². The molecule has 2 radical (unpaired) electrons. The maximum absolute atomic E-state index is 5.76. The molecule has 0 N–H and O–H groups in total. The number of para-hydroxylation sites is 1. The molecule has 0 aromatic heterocycles. The van der Waals surface area contributed by atoms with E-state index in [-0.39, 0.29) is 0 Å². The van der Waals surface area contributed by atoms with Crippen molar-refractivity contribution in [3.8, 4) is 5.75 Å². The van der Waals surface area contributed by atoms with Gasteiger partial charge in [-0.2, -0.15) is 0 Å². The first-order valence-electron chi connectivity index (χ1n) is 5.82. The van der Waals surface area contributed by atoms with Crippen LogP contribution in [0.5, 0.6) is 5.75 Å². The van der Waals surface area contributed by atoms with Crippen LogP contribution in [0.1, 0.15) is 44.6 Å². The van der Waals surface area contributed by atoms with Gasteiger partial charge in [-0.3, -0.25) is 0 Å². The van der Waals surface area contributed by atoms with E-state index in [1.807, 2.05) is 24.3 Å². The molecule has 0 aliphatic carbocycles. The average Bonchev–Trinajstić information content (AvgIpc) is 2.25. The van der Waals surface area contributed by atoms with Crippen molar-refractivity contribution < 1.29 is 4.74 Å². The third kappa shape index (κ3) is 4.87. The van der Waals surface area contributed by atoms with Crippen molar-refractivity contribution in [3.63, 3.8) is 0 Å². The second kappa shape index (κ2) is 7.33. The fraction of sp³-hybridized carbons (Fsp3) is 0.500. The van der Waals surface area contributed by atoms with E-state index in [0.29, 0.717) is 0 Å². The van der Waals surface area contributed by atoms with Gasteiger partial charge in [0.1, 0.15) is 5.75 Å². The lowest BCUT2D eigenvalue weighted by molar-refractivity contribution is 0.303. The van der Waals surface area contributed by atoms with E-state index >= 15 is 0 Å². The number of ether oxygens (including phenoxy) is 1. The van der Waals surface area contributed by atoms with Gasteiger partial charge in [-0.05, 0) is 18.1 Å². The second-order valence-corrected chi connectivity index (χ2v) is 3.80. The summed E-state index contributed by atoms with van der Waals surface area (Å²) in [6.45, 7) is 8.76. The lowest BCUT2D eigenvalue weighted by atomic mass is 10.2. The molecule has 15 heavy (non-hydrogen) atoms. The Balaban J connectivity index is 2.12. The quantitative estimate of drug-likeness (QED) is 0.608. The maximum Gasteiger partial charge on any atom is 0.122 e. The molecule has 0 aliphatic heterocycles. The predicted molar refractivity (Wildman–Crippen MR) is 64.1 cm³/mol. The van der Waals surface area contributed by atoms with Gasteiger partial charge in [-0.1, -0.05) is 50.8 Å². The standard InChI is InChI=1S/C14H20O/c1-3-4-5-6-9-12-15-14-11-8-7-10-13(14)2/h2,7-8,10-11H,3-6,9,12H2,1H3. The lowest BCUT2D eigenvalue weighted by Crippen LogP contribution is -1.98. The zero-order chi connectivity index (χ0) is 10.9. The summed E-state index contributed by atoms with van der Waals surface area (Å²) in [5.41, 5.74) is 0.728. The first kappa shape index (κ1) is 12.1. The summed E-state index contributed by atoms with van der Waals surface area (Å²) >= 11 is 0. The molecule has 1 nitrogen and oxygen atoms in total. The number of unbranched alkanes of at least 4 members (excludes halogenated alkanes) is 4. The Kier molecular flexibility index (Phi) is 5.91. The van der Waals surface area contributed by atoms with Crippen LogP contribution >= 0.6 is 0 Å². The van der Waals surface area contributed by atoms with Crippen LogP contribution in [0.3, 0.4) is 0 Å². The van der Waals surface area contributed by atoms with Crippen molar-refractivity contribution in [3.05, 3.63) is 36.8 Å². The molecule has 0 atom stereocenters. The van der Waals surface area contributed by atoms with E-state index in [1.54, 1.807) is 0 Å². The molecule has 1 heteroatoms. The van der Waals surface area contributed by atoms with Gasteiger partial charge in [-0.15, -0.1) is 0 Å². The zero-order valence-electron chi connectivity index (χ0n) is 9.54. The molecule has 1 rings (SSSR count). The Morgan fingerprint density at radius 3 is 2.53 bits per heavy atom. The van der Waals surface area contributed by atoms with Gasteiger partial charge in [0.2, 0.25) is 0 Å². The molecule has 0 saturated carbocycles. The van der Waals surface area contributed by atoms with Gasteiger partial charge >= 0.3 is 0 Å². The van der Waals surface area contributed by atoms with E-state index in [1.165, 1.54) is 25.7 Å². The highest BCUT2D eigenvalue weighted by Crippen LogP contribution is 2.16. The number of hydrogen-bond acceptors (Lipinski definition) is 1. The van der Waals surface area contributed by atoms with Crippen LogP contribution in [0.15, 0.2) is 24.3 Å². The molecule has 0 fully saturated rings. The zero-order valence-corrected chi connectivity index (χ0v) is 9.54. The summed E-state index contributed by atoms with van der Waals surface area (Å²) in [5, 5.41) is 0. The minimum Gasteiger partial charge on any atom is -0.493 e. The number of hydrogen-bond donors (Lipinski definition) is 0. The fourth-order valence-electron chi connectivity index (χ4n) is 1.50. The molecule has 0 saturated heterocycles. The highest BCUT2D eigenvalue weighted by molar-refractivity contribution is 5.35. The Hall–Kier alpha value is -0.980. The van der Waals surface area contributed by atoms with Crippen molar-refractivity contribution >= 4 is 0 Å². The van der Waals surface area contributed by atoms with Gasteiger partial charge in [0.15, 0.2) is 0 Å². The molecule has 0 heterocycles. The Morgan fingerprint density at radius 2 is 1.80 bits per heavy atom. The van der Waals surface area contributed by atoms with Gasteiger partial charge < -0.3 is 4.74 Å². The highest BCUT2D eigenvalue weighted by Gasteiger charge is 1.96. The van der Waals surface area contributed by atoms with Crippen LogP contribution in [-0.2, 0) is 0 Å². The van der Waals surface area contributed by atoms with Gasteiger partial charge in [0.25, 0.3) is 0 Å². The van der Waals surface area contributed by atoms with Crippen LogP contribution in [0.4, 0.5) is 0 Å². The Morgan fingerprint density at radius 1 is 1.07 bits per heavy atom. The summed E-state index contributed by atoms with van der Waals surface area (Å²) in [5.74, 6) is 0.813. The molecule has 82 valence electrons. The lowest BCUT2D eigenvalue weighted by Gasteiger charge is -2.08. The summed E-state index contributed by atoms with van der Waals surface area (Å²) in [6.07, 6.45) is 6.29. The molecule has 0 unspecified atom stereocenters. The van der Waals surface area contributed by atoms with Gasteiger partial charge in [0, 0.05) is 6.92 Å². The first-order chi connectivity index (χ1) is 7.34. The minimum absolute atomic E-state index is 0.728. The first-order valence-corrected chi connectivity index (χ1v) is 5.82. The summed E-state index contributed by atoms with van der Waals surface area (Å²) < 4.78 is 5.59. The molecular weight excluding hydrogens is 184 g/mol. The van der Waals surface area contributed by atoms with E-state index in [9.17, 15) is 0 Å². The predicted octanol–water partition coefficient (Wildman–Crippen LogP) is 4.09. The molecule has 0 spiro atoms. The second-order valence-electron chi connectivity index (χ2n) is 3.80. The molecule has 0 amide bonds. The van der Waals surface area contributed by atoms with Crippen LogP contribution in [0, 0.1) is 6.92 Å². The number of benzene rings is 1. The average molecular weight is 204 g/mol. The summed E-state index contributed by atoms with van der Waals surface area (Å²) in [7, 11) is 0. The third-order valence-electron chi connectivity index (χ3n) is 2.42. The highest BCUT2D eigenvalue weighted by atomic mass is 16.5. The Labute approximate surface area is 93.5 Å². The number of rotatable bonds is 7. The molecule has 0 aliphatic rings. The maximum atomic E-state index is 5.76. The summed E-state index contributed by atoms with van der Waals surface area (Å²) in [4.78, 5) is 0. The van der Waals surface area contributed by atoms with Crippen molar-refractivity contribution in [2.75, 3.05) is 6.61 Å². The van der Waals surface area contributed by atoms with E-state index < -0.39 is 0 Å². The monoisotopic (exact) mass is 204 g/mol. The van der Waals surface area contributed by atoms with Crippen LogP contribution in [0.25, 0.3) is 0 Å². The smallest absolute Gasteiger partial charge is 0.122 e. The summed E-state index contributed by atoms with van der Waals surface area (Å²) in [6, 6.07) is 7.65. The fourth-order valence-corrected chi connectivity index (χ4v) is 1.50. The van der Waals surface area contributed by atoms with E-state index in [4.69, 9.17) is 11.7 Å². The third-order valence-corrected chi connectivity index (χ3v) is 2.42. The largest absolute Gasteiger partial charge is 0.493 e. The van der Waals surface area contributed by atoms with Gasteiger partial charge in [0.05, 0.1) is 6.61 Å². The van der Waals surface area contributed by atoms with Crippen LogP contribution < -0.4 is 4.74 Å². The van der Waals surface area contributed by atoms with E-state index in [2.05, 4.69) is 6.92 Å². The van der Waals surface area contributed by atoms with Crippen molar-refractivity contribution in [1.29, 1.82) is 0 Å². The SMILES string of the molecule is [CH]c1ccccc1OCCCCCCC. The molecule has 0 bridgehead atoms. The molecule has 1 aromatic rings. The molecule has 1 aromatic carbocycles. The van der Waals surface area contributed by atoms with Crippen LogP contribution in [-0.4, -0.2) is 6.61 Å². The van der Waals surface area contributed by atoms with E-state index in [0.717, 1.165) is 24.3 Å². The van der Waals surface area contributed by atoms with Crippen molar-refractivity contribution in [2.45, 2.75) is 39.0 Å². The van der Waals surface area contributed by atoms with Crippen molar-refractivity contribution in [2.24, 2.45) is 0 Å². The topological polar surface area (TPSA) is 9.23 Å². The minimum atomic E-state index is 0.728. The van der Waals surface area contributed by atoms with Crippen molar-refractivity contribution in [1.82, 2.24) is 0 Å². The van der Waals surface area contributed by atoms with Crippen LogP contribution in [0.2, 0.25) is 0 Å².